The van der Waals surface area contributed by atoms with E-state index in [-0.39, 0.29) is 30.5 Å². The number of aliphatic hydroxyl groups excluding tert-OH is 1. The van der Waals surface area contributed by atoms with Crippen LogP contribution in [0.4, 0.5) is 0 Å². The average Bonchev–Trinajstić information content (AvgIpc) is 2.72. The number of methoxy groups -OCH3 is 1. The van der Waals surface area contributed by atoms with Crippen LogP contribution in [0.3, 0.4) is 0 Å². The first kappa shape index (κ1) is 22.3. The van der Waals surface area contributed by atoms with Gasteiger partial charge in [0, 0.05) is 12.0 Å². The molecular weight excluding hydrogens is 372 g/mol. The highest BCUT2D eigenvalue weighted by Gasteiger charge is 2.05. The highest BCUT2D eigenvalue weighted by molar-refractivity contribution is 5.79. The summed E-state index contributed by atoms with van der Waals surface area (Å²) in [4.78, 5) is 11.9. The predicted octanol–water partition coefficient (Wildman–Crippen LogP) is 3.65. The SMILES string of the molecule is COc1cc(CCCC(=O)CO/C=C\CCc2ccc(O)c(CO)c2)ccc1O. The lowest BCUT2D eigenvalue weighted by atomic mass is 10.1. The molecule has 0 spiro atoms. The van der Waals surface area contributed by atoms with Gasteiger partial charge in [-0.3, -0.25) is 4.79 Å². The van der Waals surface area contributed by atoms with Crippen LogP contribution in [-0.4, -0.2) is 34.8 Å². The first-order valence-corrected chi connectivity index (χ1v) is 9.59. The number of benzene rings is 2. The van der Waals surface area contributed by atoms with Crippen molar-refractivity contribution in [2.75, 3.05) is 13.7 Å². The summed E-state index contributed by atoms with van der Waals surface area (Å²) in [5, 5.41) is 28.3. The third-order valence-corrected chi connectivity index (χ3v) is 4.52. The first-order valence-electron chi connectivity index (χ1n) is 9.59. The van der Waals surface area contributed by atoms with E-state index in [2.05, 4.69) is 0 Å². The van der Waals surface area contributed by atoms with Crippen molar-refractivity contribution in [2.24, 2.45) is 0 Å². The van der Waals surface area contributed by atoms with E-state index in [4.69, 9.17) is 14.6 Å². The maximum atomic E-state index is 11.9. The molecule has 0 fully saturated rings. The number of phenols is 2. The second-order valence-electron chi connectivity index (χ2n) is 6.74. The Morgan fingerprint density at radius 2 is 1.76 bits per heavy atom. The summed E-state index contributed by atoms with van der Waals surface area (Å²) in [7, 11) is 1.50. The largest absolute Gasteiger partial charge is 0.508 e. The fourth-order valence-corrected chi connectivity index (χ4v) is 2.89. The highest BCUT2D eigenvalue weighted by atomic mass is 16.5. The third kappa shape index (κ3) is 7.50. The molecule has 6 nitrogen and oxygen atoms in total. The topological polar surface area (TPSA) is 96.2 Å². The van der Waals surface area contributed by atoms with E-state index in [1.54, 1.807) is 24.3 Å². The molecule has 2 rings (SSSR count). The number of hydrogen-bond acceptors (Lipinski definition) is 6. The fraction of sp³-hybridized carbons (Fsp3) is 0.348. The standard InChI is InChI=1S/C23H28O6/c1-28-23-14-18(9-11-22(23)27)6-4-7-20(25)16-29-12-3-2-5-17-8-10-21(26)19(13-17)15-24/h3,8-14,24,26-27H,2,4-7,15-16H2,1H3/b12-3-. The molecule has 2 aromatic rings. The number of rotatable bonds is 12. The molecule has 0 unspecified atom stereocenters. The summed E-state index contributed by atoms with van der Waals surface area (Å²) in [6.45, 7) is -0.149. The van der Waals surface area contributed by atoms with E-state index in [1.165, 1.54) is 13.4 Å². The van der Waals surface area contributed by atoms with Crippen LogP contribution in [-0.2, 0) is 29.0 Å². The van der Waals surface area contributed by atoms with Crippen LogP contribution >= 0.6 is 0 Å². The van der Waals surface area contributed by atoms with E-state index in [0.717, 1.165) is 30.4 Å². The van der Waals surface area contributed by atoms with Crippen molar-refractivity contribution in [3.8, 4) is 17.2 Å². The minimum Gasteiger partial charge on any atom is -0.508 e. The average molecular weight is 400 g/mol. The lowest BCUT2D eigenvalue weighted by Gasteiger charge is -2.06. The van der Waals surface area contributed by atoms with Crippen molar-refractivity contribution in [1.82, 2.24) is 0 Å². The van der Waals surface area contributed by atoms with Crippen molar-refractivity contribution < 1.29 is 29.6 Å². The number of hydrogen-bond donors (Lipinski definition) is 3. The van der Waals surface area contributed by atoms with Crippen LogP contribution in [0.2, 0.25) is 0 Å². The van der Waals surface area contributed by atoms with Gasteiger partial charge in [-0.05, 0) is 67.2 Å². The number of carbonyl (C=O) groups is 1. The zero-order valence-corrected chi connectivity index (χ0v) is 16.6. The van der Waals surface area contributed by atoms with Gasteiger partial charge in [0.25, 0.3) is 0 Å². The lowest BCUT2D eigenvalue weighted by molar-refractivity contribution is -0.122. The second-order valence-corrected chi connectivity index (χ2v) is 6.74. The number of ether oxygens (including phenoxy) is 2. The van der Waals surface area contributed by atoms with Crippen LogP contribution in [0.15, 0.2) is 48.7 Å². The molecule has 6 heteroatoms. The Bertz CT molecular complexity index is 828. The summed E-state index contributed by atoms with van der Waals surface area (Å²) < 4.78 is 10.4. The minimum atomic E-state index is -0.193. The van der Waals surface area contributed by atoms with Crippen LogP contribution < -0.4 is 4.74 Å². The zero-order chi connectivity index (χ0) is 21.1. The molecule has 29 heavy (non-hydrogen) atoms. The molecule has 0 aliphatic rings. The van der Waals surface area contributed by atoms with Gasteiger partial charge in [-0.1, -0.05) is 12.1 Å². The third-order valence-electron chi connectivity index (χ3n) is 4.52. The van der Waals surface area contributed by atoms with E-state index in [9.17, 15) is 15.0 Å². The Balaban J connectivity index is 1.62. The molecule has 2 aromatic carbocycles. The molecule has 0 bridgehead atoms. The summed E-state index contributed by atoms with van der Waals surface area (Å²) >= 11 is 0. The van der Waals surface area contributed by atoms with Crippen molar-refractivity contribution in [3.05, 3.63) is 65.4 Å². The second kappa shape index (κ2) is 11.8. The Morgan fingerprint density at radius 3 is 2.48 bits per heavy atom. The number of aryl methyl sites for hydroxylation is 2. The van der Waals surface area contributed by atoms with Crippen molar-refractivity contribution in [2.45, 2.75) is 38.7 Å². The highest BCUT2D eigenvalue weighted by Crippen LogP contribution is 2.26. The Hall–Kier alpha value is -2.99. The summed E-state index contributed by atoms with van der Waals surface area (Å²) in [6, 6.07) is 10.4. The van der Waals surface area contributed by atoms with Gasteiger partial charge >= 0.3 is 0 Å². The molecule has 0 saturated heterocycles. The number of carbonyl (C=O) groups excluding carboxylic acids is 1. The van der Waals surface area contributed by atoms with E-state index in [0.29, 0.717) is 24.2 Å². The number of phenolic OH excluding ortho intramolecular Hbond substituents is 1. The summed E-state index contributed by atoms with van der Waals surface area (Å²) in [5.41, 5.74) is 2.53. The number of ketones is 1. The Kier molecular flexibility index (Phi) is 9.05. The molecule has 3 N–H and O–H groups in total. The smallest absolute Gasteiger partial charge is 0.170 e. The quantitative estimate of drug-likeness (QED) is 0.471. The number of Topliss-reactive ketones (excluding diaryl/α,β-unsaturated/α-hetero) is 1. The van der Waals surface area contributed by atoms with Gasteiger partial charge in [-0.25, -0.2) is 0 Å². The van der Waals surface area contributed by atoms with Gasteiger partial charge in [0.2, 0.25) is 0 Å². The van der Waals surface area contributed by atoms with Crippen molar-refractivity contribution in [3.63, 3.8) is 0 Å². The summed E-state index contributed by atoms with van der Waals surface area (Å²) in [6.07, 6.45) is 6.71. The number of aliphatic hydroxyl groups is 1. The molecule has 0 radical (unpaired) electrons. The summed E-state index contributed by atoms with van der Waals surface area (Å²) in [5.74, 6) is 0.665. The van der Waals surface area contributed by atoms with Gasteiger partial charge in [0.15, 0.2) is 17.3 Å². The number of allylic oxidation sites excluding steroid dienone is 1. The van der Waals surface area contributed by atoms with Crippen molar-refractivity contribution in [1.29, 1.82) is 0 Å². The van der Waals surface area contributed by atoms with Crippen LogP contribution in [0.25, 0.3) is 0 Å². The Labute approximate surface area is 171 Å². The maximum Gasteiger partial charge on any atom is 0.170 e. The van der Waals surface area contributed by atoms with Gasteiger partial charge < -0.3 is 24.8 Å². The van der Waals surface area contributed by atoms with Crippen LogP contribution in [0, 0.1) is 0 Å². The normalized spacial score (nSPS) is 11.0. The molecule has 0 amide bonds. The zero-order valence-electron chi connectivity index (χ0n) is 16.6. The van der Waals surface area contributed by atoms with Gasteiger partial charge in [0.05, 0.1) is 20.0 Å². The van der Waals surface area contributed by atoms with E-state index in [1.807, 2.05) is 18.2 Å². The molecular formula is C23H28O6. The van der Waals surface area contributed by atoms with Crippen LogP contribution in [0.5, 0.6) is 17.2 Å². The van der Waals surface area contributed by atoms with Crippen molar-refractivity contribution >= 4 is 5.78 Å². The van der Waals surface area contributed by atoms with Gasteiger partial charge in [-0.15, -0.1) is 0 Å². The molecule has 0 aliphatic carbocycles. The van der Waals surface area contributed by atoms with E-state index < -0.39 is 0 Å². The van der Waals surface area contributed by atoms with Crippen LogP contribution in [0.1, 0.15) is 36.0 Å². The molecule has 0 saturated carbocycles. The number of aromatic hydroxyl groups is 2. The van der Waals surface area contributed by atoms with Gasteiger partial charge in [-0.2, -0.15) is 0 Å². The Morgan fingerprint density at radius 1 is 1.03 bits per heavy atom. The fourth-order valence-electron chi connectivity index (χ4n) is 2.89. The minimum absolute atomic E-state index is 0.0338. The predicted molar refractivity (Wildman–Crippen MR) is 110 cm³/mol. The molecule has 0 aliphatic heterocycles. The van der Waals surface area contributed by atoms with Gasteiger partial charge in [0.1, 0.15) is 12.4 Å². The molecule has 0 aromatic heterocycles. The molecule has 0 heterocycles. The monoisotopic (exact) mass is 400 g/mol. The molecule has 0 atom stereocenters. The first-order chi connectivity index (χ1) is 14.0. The van der Waals surface area contributed by atoms with E-state index >= 15 is 0 Å². The molecule has 156 valence electrons. The lowest BCUT2D eigenvalue weighted by Crippen LogP contribution is -2.06. The maximum absolute atomic E-state index is 11.9.